The summed E-state index contributed by atoms with van der Waals surface area (Å²) in [4.78, 5) is 37.2. The largest absolute Gasteiger partial charge is 0.493 e. The fraction of sp³-hybridized carbons (Fsp3) is 0.222. The quantitative estimate of drug-likeness (QED) is 0.322. The number of ether oxygens (including phenoxy) is 3. The molecule has 3 aromatic carbocycles. The third-order valence-electron chi connectivity index (χ3n) is 5.25. The van der Waals surface area contributed by atoms with Gasteiger partial charge in [0.2, 0.25) is 5.91 Å². The molecule has 10 heteroatoms. The van der Waals surface area contributed by atoms with Crippen LogP contribution in [0.25, 0.3) is 0 Å². The number of aryl methyl sites for hydroxylation is 1. The monoisotopic (exact) mass is 509 g/mol. The van der Waals surface area contributed by atoms with Crippen molar-refractivity contribution in [2.24, 2.45) is 0 Å². The Balaban J connectivity index is 1.58. The first-order valence-electron chi connectivity index (χ1n) is 11.5. The Morgan fingerprint density at radius 2 is 1.38 bits per heavy atom. The minimum absolute atomic E-state index is 0.147. The van der Waals surface area contributed by atoms with Crippen LogP contribution in [0.5, 0.6) is 11.5 Å². The number of hydrogen-bond acceptors (Lipinski definition) is 6. The number of carbonyl (C=O) groups excluding carboxylic acids is 3. The molecule has 37 heavy (non-hydrogen) atoms. The van der Waals surface area contributed by atoms with Crippen LogP contribution in [0.15, 0.2) is 60.7 Å². The Morgan fingerprint density at radius 3 is 1.95 bits per heavy atom. The zero-order valence-corrected chi connectivity index (χ0v) is 20.7. The van der Waals surface area contributed by atoms with Gasteiger partial charge in [0.25, 0.3) is 0 Å². The van der Waals surface area contributed by atoms with Crippen molar-refractivity contribution in [2.45, 2.75) is 19.8 Å². The zero-order valence-electron chi connectivity index (χ0n) is 20.7. The normalized spacial score (nSPS) is 10.3. The van der Waals surface area contributed by atoms with E-state index in [1.54, 1.807) is 31.2 Å². The van der Waals surface area contributed by atoms with E-state index in [1.807, 2.05) is 0 Å². The van der Waals surface area contributed by atoms with Crippen LogP contribution in [0.3, 0.4) is 0 Å². The predicted octanol–water partition coefficient (Wildman–Crippen LogP) is 5.23. The van der Waals surface area contributed by atoms with Crippen LogP contribution >= 0.6 is 0 Å². The molecule has 0 aliphatic heterocycles. The summed E-state index contributed by atoms with van der Waals surface area (Å²) in [6.07, 6.45) is 0.574. The van der Waals surface area contributed by atoms with Crippen molar-refractivity contribution in [1.29, 1.82) is 0 Å². The van der Waals surface area contributed by atoms with Crippen molar-refractivity contribution in [1.82, 2.24) is 0 Å². The highest BCUT2D eigenvalue weighted by atomic mass is 19.1. The second-order valence-electron chi connectivity index (χ2n) is 7.80. The Kier molecular flexibility index (Phi) is 9.42. The third-order valence-corrected chi connectivity index (χ3v) is 5.25. The summed E-state index contributed by atoms with van der Waals surface area (Å²) >= 11 is 0. The van der Waals surface area contributed by atoms with E-state index in [4.69, 9.17) is 14.2 Å². The maximum Gasteiger partial charge on any atom is 0.340 e. The fourth-order valence-electron chi connectivity index (χ4n) is 3.41. The lowest BCUT2D eigenvalue weighted by Crippen LogP contribution is -2.19. The molecule has 0 saturated carbocycles. The third kappa shape index (κ3) is 7.69. The topological polar surface area (TPSA) is 115 Å². The molecule has 0 saturated heterocycles. The first-order chi connectivity index (χ1) is 17.8. The number of benzene rings is 3. The molecule has 0 spiro atoms. The second-order valence-corrected chi connectivity index (χ2v) is 7.80. The molecule has 3 amide bonds. The van der Waals surface area contributed by atoms with Gasteiger partial charge in [0.15, 0.2) is 11.5 Å². The smallest absolute Gasteiger partial charge is 0.340 e. The van der Waals surface area contributed by atoms with Gasteiger partial charge in [-0.25, -0.2) is 14.0 Å². The van der Waals surface area contributed by atoms with Crippen LogP contribution in [0, 0.1) is 5.82 Å². The van der Waals surface area contributed by atoms with Gasteiger partial charge >= 0.3 is 12.0 Å². The molecule has 9 nitrogen and oxygen atoms in total. The average Bonchev–Trinajstić information content (AvgIpc) is 2.89. The molecule has 0 radical (unpaired) electrons. The maximum atomic E-state index is 13.0. The van der Waals surface area contributed by atoms with Gasteiger partial charge in [0, 0.05) is 29.9 Å². The maximum absolute atomic E-state index is 13.0. The number of carbonyl (C=O) groups is 3. The molecule has 0 aliphatic carbocycles. The van der Waals surface area contributed by atoms with E-state index in [1.165, 1.54) is 50.6 Å². The highest BCUT2D eigenvalue weighted by molar-refractivity contribution is 6.02. The van der Waals surface area contributed by atoms with Gasteiger partial charge in [-0.1, -0.05) is 12.1 Å². The first-order valence-corrected chi connectivity index (χ1v) is 11.5. The lowest BCUT2D eigenvalue weighted by atomic mass is 10.1. The van der Waals surface area contributed by atoms with Crippen molar-refractivity contribution in [3.8, 4) is 11.5 Å². The van der Waals surface area contributed by atoms with Crippen molar-refractivity contribution in [2.75, 3.05) is 36.8 Å². The summed E-state index contributed by atoms with van der Waals surface area (Å²) in [6, 6.07) is 14.9. The van der Waals surface area contributed by atoms with Crippen LogP contribution in [-0.2, 0) is 16.0 Å². The standard InChI is InChI=1S/C27H28FN3O6/c1-4-37-26(33)21-15-23(35-2)24(36-3)16-22(21)31-25(32)14-7-17-5-10-19(11-6-17)29-27(34)30-20-12-8-18(28)9-13-20/h5-6,8-13,15-16H,4,7,14H2,1-3H3,(H,31,32)(H2,29,30,34). The summed E-state index contributed by atoms with van der Waals surface area (Å²) in [5, 5.41) is 8.05. The van der Waals surface area contributed by atoms with E-state index >= 15 is 0 Å². The lowest BCUT2D eigenvalue weighted by molar-refractivity contribution is -0.116. The van der Waals surface area contributed by atoms with E-state index in [0.29, 0.717) is 29.3 Å². The van der Waals surface area contributed by atoms with Gasteiger partial charge in [0.05, 0.1) is 32.1 Å². The van der Waals surface area contributed by atoms with Crippen LogP contribution in [-0.4, -0.2) is 38.7 Å². The number of rotatable bonds is 10. The van der Waals surface area contributed by atoms with E-state index in [2.05, 4.69) is 16.0 Å². The average molecular weight is 510 g/mol. The van der Waals surface area contributed by atoms with Crippen molar-refractivity contribution >= 4 is 35.0 Å². The Labute approximate surface area is 213 Å². The second kappa shape index (κ2) is 12.9. The summed E-state index contributed by atoms with van der Waals surface area (Å²) in [5.41, 5.74) is 2.30. The number of esters is 1. The Morgan fingerprint density at radius 1 is 0.811 bits per heavy atom. The molecular weight excluding hydrogens is 481 g/mol. The van der Waals surface area contributed by atoms with Gasteiger partial charge in [-0.05, 0) is 55.3 Å². The highest BCUT2D eigenvalue weighted by Gasteiger charge is 2.19. The Hall–Kier alpha value is -4.60. The molecule has 0 bridgehead atoms. The number of methoxy groups -OCH3 is 2. The van der Waals surface area contributed by atoms with Gasteiger partial charge in [-0.15, -0.1) is 0 Å². The molecule has 3 aromatic rings. The predicted molar refractivity (Wildman–Crippen MR) is 138 cm³/mol. The summed E-state index contributed by atoms with van der Waals surface area (Å²) in [6.45, 7) is 1.87. The number of hydrogen-bond donors (Lipinski definition) is 3. The molecule has 0 aromatic heterocycles. The summed E-state index contributed by atoms with van der Waals surface area (Å²) < 4.78 is 28.6. The number of halogens is 1. The molecule has 0 atom stereocenters. The zero-order chi connectivity index (χ0) is 26.8. The van der Waals surface area contributed by atoms with Crippen molar-refractivity contribution in [3.05, 3.63) is 77.6 Å². The number of urea groups is 1. The minimum Gasteiger partial charge on any atom is -0.493 e. The molecule has 0 heterocycles. The SMILES string of the molecule is CCOC(=O)c1cc(OC)c(OC)cc1NC(=O)CCc1ccc(NC(=O)Nc2ccc(F)cc2)cc1. The van der Waals surface area contributed by atoms with E-state index in [0.717, 1.165) is 5.56 Å². The lowest BCUT2D eigenvalue weighted by Gasteiger charge is -2.15. The highest BCUT2D eigenvalue weighted by Crippen LogP contribution is 2.34. The molecule has 0 unspecified atom stereocenters. The minimum atomic E-state index is -0.592. The molecule has 0 aliphatic rings. The molecule has 0 fully saturated rings. The summed E-state index contributed by atoms with van der Waals surface area (Å²) in [5.74, 6) is -0.594. The van der Waals surface area contributed by atoms with E-state index in [9.17, 15) is 18.8 Å². The van der Waals surface area contributed by atoms with Crippen LogP contribution in [0.2, 0.25) is 0 Å². The number of nitrogens with one attached hydrogen (secondary N) is 3. The summed E-state index contributed by atoms with van der Waals surface area (Å²) in [7, 11) is 2.91. The molecule has 194 valence electrons. The van der Waals surface area contributed by atoms with Gasteiger partial charge in [-0.3, -0.25) is 4.79 Å². The molecular formula is C27H28FN3O6. The van der Waals surface area contributed by atoms with Crippen LogP contribution < -0.4 is 25.4 Å². The van der Waals surface area contributed by atoms with Gasteiger partial charge in [0.1, 0.15) is 5.82 Å². The van der Waals surface area contributed by atoms with Crippen molar-refractivity contribution < 1.29 is 33.0 Å². The van der Waals surface area contributed by atoms with E-state index < -0.39 is 17.8 Å². The number of anilines is 3. The number of amides is 3. The van der Waals surface area contributed by atoms with Crippen molar-refractivity contribution in [3.63, 3.8) is 0 Å². The Bertz CT molecular complexity index is 1250. The van der Waals surface area contributed by atoms with Gasteiger partial charge in [-0.2, -0.15) is 0 Å². The fourth-order valence-corrected chi connectivity index (χ4v) is 3.41. The molecule has 3 rings (SSSR count). The molecule has 3 N–H and O–H groups in total. The van der Waals surface area contributed by atoms with Gasteiger partial charge < -0.3 is 30.2 Å². The first kappa shape index (κ1) is 27.0. The van der Waals surface area contributed by atoms with Crippen LogP contribution in [0.4, 0.5) is 26.2 Å². The van der Waals surface area contributed by atoms with Crippen LogP contribution in [0.1, 0.15) is 29.3 Å². The van der Waals surface area contributed by atoms with E-state index in [-0.39, 0.29) is 30.2 Å².